The number of anilines is 1. The molecule has 0 aliphatic carbocycles. The van der Waals surface area contributed by atoms with E-state index in [1.54, 1.807) is 24.2 Å². The molecular weight excluding hydrogens is 224 g/mol. The number of hydrogen-bond acceptors (Lipinski definition) is 4. The molecular formula is C10H16N4OS. The number of H-pyrrole nitrogens is 1. The molecule has 1 aromatic rings. The van der Waals surface area contributed by atoms with E-state index in [9.17, 15) is 4.79 Å². The van der Waals surface area contributed by atoms with Gasteiger partial charge in [-0.2, -0.15) is 0 Å². The second kappa shape index (κ2) is 5.91. The molecule has 0 aromatic carbocycles. The molecule has 0 saturated carbocycles. The zero-order valence-corrected chi connectivity index (χ0v) is 9.85. The number of aromatic nitrogens is 2. The summed E-state index contributed by atoms with van der Waals surface area (Å²) in [5.41, 5.74) is 0. The number of nitrogens with one attached hydrogen (secondary N) is 3. The largest absolute Gasteiger partial charge is 0.331 e. The Balaban J connectivity index is 1.67. The fourth-order valence-corrected chi connectivity index (χ4v) is 2.69. The number of hydrogen-bond donors (Lipinski definition) is 3. The van der Waals surface area contributed by atoms with Crippen molar-refractivity contribution in [3.05, 3.63) is 12.4 Å². The van der Waals surface area contributed by atoms with E-state index in [0.717, 1.165) is 25.9 Å². The van der Waals surface area contributed by atoms with E-state index in [1.807, 2.05) is 0 Å². The molecule has 88 valence electrons. The highest BCUT2D eigenvalue weighted by Crippen LogP contribution is 2.19. The van der Waals surface area contributed by atoms with E-state index in [1.165, 1.54) is 0 Å². The van der Waals surface area contributed by atoms with Crippen molar-refractivity contribution in [2.75, 3.05) is 24.2 Å². The third-order valence-electron chi connectivity index (χ3n) is 2.49. The second-order valence-electron chi connectivity index (χ2n) is 3.75. The molecule has 2 rings (SSSR count). The van der Waals surface area contributed by atoms with Gasteiger partial charge in [-0.3, -0.25) is 10.1 Å². The van der Waals surface area contributed by atoms with E-state index in [-0.39, 0.29) is 5.91 Å². The maximum Gasteiger partial charge on any atom is 0.236 e. The molecule has 1 saturated heterocycles. The van der Waals surface area contributed by atoms with Crippen LogP contribution in [0, 0.1) is 0 Å². The predicted octanol–water partition coefficient (Wildman–Crippen LogP) is 0.833. The fourth-order valence-electron chi connectivity index (χ4n) is 1.66. The van der Waals surface area contributed by atoms with Gasteiger partial charge in [-0.05, 0) is 25.9 Å². The van der Waals surface area contributed by atoms with Crippen LogP contribution in [-0.2, 0) is 4.79 Å². The molecule has 0 atom stereocenters. The lowest BCUT2D eigenvalue weighted by Gasteiger charge is -2.21. The molecule has 2 heterocycles. The van der Waals surface area contributed by atoms with Crippen LogP contribution in [0.5, 0.6) is 0 Å². The third-order valence-corrected chi connectivity index (χ3v) is 3.86. The second-order valence-corrected chi connectivity index (χ2v) is 5.03. The summed E-state index contributed by atoms with van der Waals surface area (Å²) in [6.07, 6.45) is 5.61. The molecule has 0 radical (unpaired) electrons. The van der Waals surface area contributed by atoms with Crippen LogP contribution in [0.4, 0.5) is 5.95 Å². The highest BCUT2D eigenvalue weighted by Gasteiger charge is 2.15. The third kappa shape index (κ3) is 3.53. The number of rotatable bonds is 4. The quantitative estimate of drug-likeness (QED) is 0.729. The van der Waals surface area contributed by atoms with Crippen molar-refractivity contribution in [2.45, 2.75) is 18.1 Å². The number of carbonyl (C=O) groups is 1. The van der Waals surface area contributed by atoms with Gasteiger partial charge >= 0.3 is 0 Å². The first kappa shape index (κ1) is 11.5. The molecule has 0 unspecified atom stereocenters. The first-order chi connectivity index (χ1) is 7.84. The van der Waals surface area contributed by atoms with Crippen LogP contribution in [0.25, 0.3) is 0 Å². The van der Waals surface area contributed by atoms with Gasteiger partial charge in [0.1, 0.15) is 0 Å². The van der Waals surface area contributed by atoms with Gasteiger partial charge in [0.05, 0.1) is 5.75 Å². The van der Waals surface area contributed by atoms with Crippen molar-refractivity contribution in [1.29, 1.82) is 0 Å². The number of amides is 1. The van der Waals surface area contributed by atoms with Crippen LogP contribution in [-0.4, -0.2) is 40.0 Å². The summed E-state index contributed by atoms with van der Waals surface area (Å²) in [4.78, 5) is 18.3. The van der Waals surface area contributed by atoms with Gasteiger partial charge in [-0.25, -0.2) is 4.98 Å². The average molecular weight is 240 g/mol. The normalized spacial score (nSPS) is 17.2. The van der Waals surface area contributed by atoms with E-state index >= 15 is 0 Å². The molecule has 1 aliphatic rings. The molecule has 16 heavy (non-hydrogen) atoms. The molecule has 6 heteroatoms. The minimum atomic E-state index is 0.0125. The Morgan fingerprint density at radius 1 is 1.56 bits per heavy atom. The number of imidazole rings is 1. The summed E-state index contributed by atoms with van der Waals surface area (Å²) in [7, 11) is 0. The lowest BCUT2D eigenvalue weighted by molar-refractivity contribution is -0.113. The summed E-state index contributed by atoms with van der Waals surface area (Å²) < 4.78 is 0. The summed E-state index contributed by atoms with van der Waals surface area (Å²) in [5, 5.41) is 6.64. The lowest BCUT2D eigenvalue weighted by Crippen LogP contribution is -2.30. The lowest BCUT2D eigenvalue weighted by atomic mass is 10.2. The Morgan fingerprint density at radius 2 is 2.38 bits per heavy atom. The van der Waals surface area contributed by atoms with Crippen LogP contribution in [0.1, 0.15) is 12.8 Å². The number of piperidine rings is 1. The molecule has 0 spiro atoms. The summed E-state index contributed by atoms with van der Waals surface area (Å²) in [6, 6.07) is 0. The number of nitrogens with zero attached hydrogens (tertiary/aromatic N) is 1. The van der Waals surface area contributed by atoms with Gasteiger partial charge in [0, 0.05) is 17.6 Å². The topological polar surface area (TPSA) is 69.8 Å². The summed E-state index contributed by atoms with van der Waals surface area (Å²) >= 11 is 1.73. The zero-order chi connectivity index (χ0) is 11.2. The average Bonchev–Trinajstić information content (AvgIpc) is 2.81. The zero-order valence-electron chi connectivity index (χ0n) is 9.03. The van der Waals surface area contributed by atoms with Gasteiger partial charge in [0.15, 0.2) is 0 Å². The minimum absolute atomic E-state index is 0.0125. The maximum atomic E-state index is 11.5. The van der Waals surface area contributed by atoms with Gasteiger partial charge < -0.3 is 10.3 Å². The molecule has 3 N–H and O–H groups in total. The van der Waals surface area contributed by atoms with E-state index in [2.05, 4.69) is 20.6 Å². The van der Waals surface area contributed by atoms with Crippen molar-refractivity contribution in [1.82, 2.24) is 15.3 Å². The van der Waals surface area contributed by atoms with Crippen molar-refractivity contribution in [3.8, 4) is 0 Å². The standard InChI is InChI=1S/C10H16N4OS/c15-9(14-10-12-5-6-13-10)7-16-8-1-3-11-4-2-8/h5-6,8,11H,1-4,7H2,(H2,12,13,14,15). The fraction of sp³-hybridized carbons (Fsp3) is 0.600. The van der Waals surface area contributed by atoms with E-state index in [4.69, 9.17) is 0 Å². The van der Waals surface area contributed by atoms with Crippen LogP contribution >= 0.6 is 11.8 Å². The van der Waals surface area contributed by atoms with E-state index < -0.39 is 0 Å². The SMILES string of the molecule is O=C(CSC1CCNCC1)Nc1ncc[nH]1. The van der Waals surface area contributed by atoms with Crippen LogP contribution in [0.3, 0.4) is 0 Å². The molecule has 1 fully saturated rings. The van der Waals surface area contributed by atoms with E-state index in [0.29, 0.717) is 17.0 Å². The van der Waals surface area contributed by atoms with Crippen LogP contribution < -0.4 is 10.6 Å². The Bertz CT molecular complexity index is 322. The van der Waals surface area contributed by atoms with Crippen molar-refractivity contribution in [2.24, 2.45) is 0 Å². The summed E-state index contributed by atoms with van der Waals surface area (Å²) in [6.45, 7) is 2.13. The van der Waals surface area contributed by atoms with Crippen LogP contribution in [0.15, 0.2) is 12.4 Å². The highest BCUT2D eigenvalue weighted by atomic mass is 32.2. The number of carbonyl (C=O) groups excluding carboxylic acids is 1. The Labute approximate surface area is 98.8 Å². The van der Waals surface area contributed by atoms with Gasteiger partial charge in [-0.1, -0.05) is 0 Å². The number of thioether (sulfide) groups is 1. The smallest absolute Gasteiger partial charge is 0.236 e. The number of aromatic amines is 1. The molecule has 5 nitrogen and oxygen atoms in total. The van der Waals surface area contributed by atoms with Crippen molar-refractivity contribution in [3.63, 3.8) is 0 Å². The first-order valence-electron chi connectivity index (χ1n) is 5.46. The monoisotopic (exact) mass is 240 g/mol. The Morgan fingerprint density at radius 3 is 3.06 bits per heavy atom. The maximum absolute atomic E-state index is 11.5. The Hall–Kier alpha value is -1.01. The minimum Gasteiger partial charge on any atom is -0.331 e. The molecule has 0 bridgehead atoms. The Kier molecular flexibility index (Phi) is 4.24. The first-order valence-corrected chi connectivity index (χ1v) is 6.51. The summed E-state index contributed by atoms with van der Waals surface area (Å²) in [5.74, 6) is 1.04. The van der Waals surface area contributed by atoms with Crippen molar-refractivity contribution >= 4 is 23.6 Å². The van der Waals surface area contributed by atoms with Crippen LogP contribution in [0.2, 0.25) is 0 Å². The van der Waals surface area contributed by atoms with Gasteiger partial charge in [0.2, 0.25) is 11.9 Å². The van der Waals surface area contributed by atoms with Crippen molar-refractivity contribution < 1.29 is 4.79 Å². The highest BCUT2D eigenvalue weighted by molar-refractivity contribution is 8.00. The molecule has 1 amide bonds. The van der Waals surface area contributed by atoms with Gasteiger partial charge in [-0.15, -0.1) is 11.8 Å². The molecule has 1 aliphatic heterocycles. The van der Waals surface area contributed by atoms with Gasteiger partial charge in [0.25, 0.3) is 0 Å². The molecule has 1 aromatic heterocycles. The predicted molar refractivity (Wildman–Crippen MR) is 65.6 cm³/mol.